The fourth-order valence-corrected chi connectivity index (χ4v) is 3.94. The molecule has 0 bridgehead atoms. The van der Waals surface area contributed by atoms with E-state index in [1.54, 1.807) is 0 Å². The van der Waals surface area contributed by atoms with Gasteiger partial charge in [0.1, 0.15) is 0 Å². The second-order valence-corrected chi connectivity index (χ2v) is 7.53. The minimum absolute atomic E-state index is 0.290. The van der Waals surface area contributed by atoms with Crippen LogP contribution in [-0.4, -0.2) is 11.8 Å². The molecule has 2 N–H and O–H groups in total. The number of hydrogen-bond acceptors (Lipinski definition) is 2. The molecule has 2 amide bonds. The fourth-order valence-electron chi connectivity index (χ4n) is 3.94. The number of rotatable bonds is 4. The average molecular weight is 396 g/mol. The van der Waals surface area contributed by atoms with Gasteiger partial charge in [0, 0.05) is 0 Å². The molecular weight excluding hydrogens is 372 g/mol. The van der Waals surface area contributed by atoms with E-state index in [2.05, 4.69) is 10.6 Å². The van der Waals surface area contributed by atoms with Crippen molar-refractivity contribution in [1.29, 1.82) is 0 Å². The maximum Gasteiger partial charge on any atom is 0.309 e. The molecule has 0 radical (unpaired) electrons. The Hall–Kier alpha value is -3.66. The molecular formula is C26H24N2O2. The maximum atomic E-state index is 12.6. The molecule has 0 fully saturated rings. The Balaban J connectivity index is 1.47. The number of benzene rings is 4. The normalized spacial score (nSPS) is 13.0. The predicted molar refractivity (Wildman–Crippen MR) is 121 cm³/mol. The van der Waals surface area contributed by atoms with E-state index < -0.39 is 11.8 Å². The minimum Gasteiger partial charge on any atom is -0.341 e. The second-order valence-electron chi connectivity index (χ2n) is 7.53. The molecule has 4 heteroatoms. The first kappa shape index (κ1) is 19.6. The lowest BCUT2D eigenvalue weighted by molar-refractivity contribution is -0.140. The zero-order valence-corrected chi connectivity index (χ0v) is 17.1. The van der Waals surface area contributed by atoms with Crippen LogP contribution in [0, 0.1) is 0 Å². The van der Waals surface area contributed by atoms with E-state index in [0.717, 1.165) is 32.7 Å². The Labute approximate surface area is 175 Å². The van der Waals surface area contributed by atoms with Crippen LogP contribution in [0.4, 0.5) is 0 Å². The quantitative estimate of drug-likeness (QED) is 0.475. The summed E-state index contributed by atoms with van der Waals surface area (Å²) in [4.78, 5) is 25.1. The molecule has 0 heterocycles. The van der Waals surface area contributed by atoms with E-state index in [9.17, 15) is 9.59 Å². The van der Waals surface area contributed by atoms with Crippen molar-refractivity contribution in [1.82, 2.24) is 10.6 Å². The van der Waals surface area contributed by atoms with Crippen molar-refractivity contribution in [3.05, 3.63) is 96.1 Å². The van der Waals surface area contributed by atoms with Gasteiger partial charge in [-0.05, 0) is 46.5 Å². The van der Waals surface area contributed by atoms with Gasteiger partial charge in [-0.25, -0.2) is 0 Å². The number of carbonyl (C=O) groups is 2. The molecule has 1 unspecified atom stereocenters. The van der Waals surface area contributed by atoms with E-state index in [1.807, 2.05) is 98.8 Å². The molecule has 0 spiro atoms. The van der Waals surface area contributed by atoms with Crippen LogP contribution in [-0.2, 0) is 9.59 Å². The average Bonchev–Trinajstić information content (AvgIpc) is 2.78. The molecule has 2 atom stereocenters. The topological polar surface area (TPSA) is 58.2 Å². The lowest BCUT2D eigenvalue weighted by Crippen LogP contribution is -2.41. The Morgan fingerprint density at radius 1 is 0.567 bits per heavy atom. The molecule has 0 aliphatic heterocycles. The van der Waals surface area contributed by atoms with Crippen LogP contribution in [0.2, 0.25) is 0 Å². The van der Waals surface area contributed by atoms with E-state index >= 15 is 0 Å². The number of hydrogen-bond donors (Lipinski definition) is 2. The van der Waals surface area contributed by atoms with E-state index in [0.29, 0.717) is 0 Å². The number of carbonyl (C=O) groups excluding carboxylic acids is 2. The van der Waals surface area contributed by atoms with E-state index in [-0.39, 0.29) is 12.1 Å². The smallest absolute Gasteiger partial charge is 0.309 e. The summed E-state index contributed by atoms with van der Waals surface area (Å²) in [5.74, 6) is -1.27. The van der Waals surface area contributed by atoms with Crippen molar-refractivity contribution in [2.75, 3.05) is 0 Å². The van der Waals surface area contributed by atoms with Crippen molar-refractivity contribution in [3.63, 3.8) is 0 Å². The van der Waals surface area contributed by atoms with Gasteiger partial charge in [0.15, 0.2) is 0 Å². The van der Waals surface area contributed by atoms with Crippen molar-refractivity contribution in [2.45, 2.75) is 25.9 Å². The molecule has 4 rings (SSSR count). The van der Waals surface area contributed by atoms with Crippen molar-refractivity contribution in [2.24, 2.45) is 0 Å². The van der Waals surface area contributed by atoms with Crippen LogP contribution in [0.5, 0.6) is 0 Å². The van der Waals surface area contributed by atoms with Crippen molar-refractivity contribution in [3.8, 4) is 0 Å². The van der Waals surface area contributed by atoms with Gasteiger partial charge in [-0.15, -0.1) is 0 Å². The summed E-state index contributed by atoms with van der Waals surface area (Å²) in [6.45, 7) is 3.78. The number of fused-ring (bicyclic) bond motifs is 2. The summed E-state index contributed by atoms with van der Waals surface area (Å²) in [6.07, 6.45) is 0. The van der Waals surface area contributed by atoms with Gasteiger partial charge in [-0.3, -0.25) is 9.59 Å². The van der Waals surface area contributed by atoms with Crippen LogP contribution >= 0.6 is 0 Å². The summed E-state index contributed by atoms with van der Waals surface area (Å²) in [6, 6.07) is 27.4. The van der Waals surface area contributed by atoms with Gasteiger partial charge < -0.3 is 10.6 Å². The van der Waals surface area contributed by atoms with E-state index in [1.165, 1.54) is 0 Å². The monoisotopic (exact) mass is 396 g/mol. The molecule has 4 aromatic rings. The second kappa shape index (κ2) is 8.37. The molecule has 30 heavy (non-hydrogen) atoms. The number of nitrogens with one attached hydrogen (secondary N) is 2. The number of amides is 2. The third-order valence-electron chi connectivity index (χ3n) is 5.48. The summed E-state index contributed by atoms with van der Waals surface area (Å²) in [5.41, 5.74) is 1.97. The highest BCUT2D eigenvalue weighted by molar-refractivity contribution is 6.35. The molecule has 0 saturated heterocycles. The van der Waals surface area contributed by atoms with Crippen LogP contribution in [0.25, 0.3) is 21.5 Å². The molecule has 4 aromatic carbocycles. The highest BCUT2D eigenvalue weighted by Gasteiger charge is 2.21. The molecule has 0 aliphatic carbocycles. The van der Waals surface area contributed by atoms with Gasteiger partial charge in [0.2, 0.25) is 0 Å². The Kier molecular flexibility index (Phi) is 5.48. The van der Waals surface area contributed by atoms with Gasteiger partial charge in [-0.1, -0.05) is 84.9 Å². The first-order valence-corrected chi connectivity index (χ1v) is 10.1. The summed E-state index contributed by atoms with van der Waals surface area (Å²) >= 11 is 0. The Morgan fingerprint density at radius 3 is 1.37 bits per heavy atom. The molecule has 0 aromatic heterocycles. The van der Waals surface area contributed by atoms with E-state index in [4.69, 9.17) is 0 Å². The lowest BCUT2D eigenvalue weighted by Gasteiger charge is -2.19. The minimum atomic E-state index is -0.637. The zero-order valence-electron chi connectivity index (χ0n) is 17.1. The molecule has 0 saturated carbocycles. The van der Waals surface area contributed by atoms with Crippen LogP contribution in [0.15, 0.2) is 84.9 Å². The zero-order chi connectivity index (χ0) is 21.1. The highest BCUT2D eigenvalue weighted by atomic mass is 16.2. The Bertz CT molecular complexity index is 1120. The Morgan fingerprint density at radius 2 is 0.933 bits per heavy atom. The maximum absolute atomic E-state index is 12.6. The van der Waals surface area contributed by atoms with Crippen LogP contribution in [0.3, 0.4) is 0 Å². The first-order chi connectivity index (χ1) is 14.5. The van der Waals surface area contributed by atoms with Gasteiger partial charge >= 0.3 is 11.8 Å². The third-order valence-corrected chi connectivity index (χ3v) is 5.48. The molecule has 150 valence electrons. The van der Waals surface area contributed by atoms with Crippen molar-refractivity contribution >= 4 is 33.4 Å². The van der Waals surface area contributed by atoms with Crippen LogP contribution in [0.1, 0.15) is 37.1 Å². The summed E-state index contributed by atoms with van der Waals surface area (Å²) in [5, 5.41) is 10.0. The molecule has 0 aliphatic rings. The van der Waals surface area contributed by atoms with Gasteiger partial charge in [0.25, 0.3) is 0 Å². The van der Waals surface area contributed by atoms with Crippen molar-refractivity contribution < 1.29 is 9.59 Å². The lowest BCUT2D eigenvalue weighted by atomic mass is 9.99. The third kappa shape index (κ3) is 3.90. The first-order valence-electron chi connectivity index (χ1n) is 10.1. The summed E-state index contributed by atoms with van der Waals surface area (Å²) < 4.78 is 0. The highest BCUT2D eigenvalue weighted by Crippen LogP contribution is 2.25. The van der Waals surface area contributed by atoms with Gasteiger partial charge in [-0.2, -0.15) is 0 Å². The van der Waals surface area contributed by atoms with Gasteiger partial charge in [0.05, 0.1) is 12.1 Å². The van der Waals surface area contributed by atoms with Crippen LogP contribution < -0.4 is 10.6 Å². The predicted octanol–water partition coefficient (Wildman–Crippen LogP) is 5.05. The molecule has 4 nitrogen and oxygen atoms in total. The fraction of sp³-hybridized carbons (Fsp3) is 0.154. The summed E-state index contributed by atoms with van der Waals surface area (Å²) in [7, 11) is 0. The standard InChI is InChI=1S/C26H24N2O2/c1-17(21-15-7-11-19-9-3-5-13-23(19)21)27-25(29)26(30)28-18(2)22-16-8-12-20-10-4-6-14-24(20)22/h3-18H,1-2H3,(H,27,29)(H,28,30)/t17-,18?/m0/s1. The largest absolute Gasteiger partial charge is 0.341 e. The SMILES string of the molecule is CC(NC(=O)C(=O)N[C@@H](C)c1cccc2ccccc12)c1cccc2ccccc12.